The van der Waals surface area contributed by atoms with Gasteiger partial charge in [0.2, 0.25) is 0 Å². The number of rotatable bonds is 5. The molecule has 7 aromatic carbocycles. The minimum Gasteiger partial charge on any atom is -0.456 e. The molecule has 2 aromatic heterocycles. The van der Waals surface area contributed by atoms with E-state index in [0.717, 1.165) is 55.3 Å². The van der Waals surface area contributed by atoms with Gasteiger partial charge in [-0.1, -0.05) is 146 Å². The Morgan fingerprint density at radius 3 is 1.43 bits per heavy atom. The van der Waals surface area contributed by atoms with E-state index in [4.69, 9.17) is 19.4 Å². The van der Waals surface area contributed by atoms with E-state index in [2.05, 4.69) is 127 Å². The summed E-state index contributed by atoms with van der Waals surface area (Å²) < 4.78 is 6.33. The van der Waals surface area contributed by atoms with E-state index in [1.54, 1.807) is 0 Å². The highest BCUT2D eigenvalue weighted by Gasteiger charge is 2.14. The van der Waals surface area contributed by atoms with Crippen LogP contribution in [-0.2, 0) is 0 Å². The normalized spacial score (nSPS) is 11.4. The highest BCUT2D eigenvalue weighted by atomic mass is 16.3. The second kappa shape index (κ2) is 11.2. The summed E-state index contributed by atoms with van der Waals surface area (Å²) in [5.41, 5.74) is 9.10. The molecule has 0 atom stereocenters. The smallest absolute Gasteiger partial charge is 0.164 e. The second-order valence-corrected chi connectivity index (χ2v) is 11.7. The van der Waals surface area contributed by atoms with Gasteiger partial charge in [-0.05, 0) is 51.2 Å². The minimum atomic E-state index is 0.632. The predicted molar refractivity (Wildman–Crippen MR) is 192 cm³/mol. The van der Waals surface area contributed by atoms with Crippen molar-refractivity contribution in [2.45, 2.75) is 0 Å². The third kappa shape index (κ3) is 4.93. The fourth-order valence-corrected chi connectivity index (χ4v) is 6.33. The number of furan rings is 1. The zero-order valence-electron chi connectivity index (χ0n) is 25.3. The second-order valence-electron chi connectivity index (χ2n) is 11.7. The maximum absolute atomic E-state index is 6.33. The molecule has 0 radical (unpaired) electrons. The van der Waals surface area contributed by atoms with Crippen molar-refractivity contribution in [1.29, 1.82) is 0 Å². The fraction of sp³-hybridized carbons (Fsp3) is 0. The van der Waals surface area contributed by atoms with E-state index >= 15 is 0 Å². The summed E-state index contributed by atoms with van der Waals surface area (Å²) in [4.78, 5) is 14.8. The highest BCUT2D eigenvalue weighted by Crippen LogP contribution is 2.37. The number of nitrogens with zero attached hydrogens (tertiary/aromatic N) is 3. The number of aromatic nitrogens is 3. The Morgan fingerprint density at radius 2 is 0.787 bits per heavy atom. The number of hydrogen-bond donors (Lipinski definition) is 0. The first-order valence-electron chi connectivity index (χ1n) is 15.7. The first-order chi connectivity index (χ1) is 23.3. The predicted octanol–water partition coefficient (Wildman–Crippen LogP) is 11.3. The molecule has 4 nitrogen and oxygen atoms in total. The third-order valence-electron chi connectivity index (χ3n) is 8.76. The van der Waals surface area contributed by atoms with Gasteiger partial charge in [0, 0.05) is 27.5 Å². The van der Waals surface area contributed by atoms with Crippen LogP contribution < -0.4 is 0 Å². The molecule has 0 aliphatic carbocycles. The van der Waals surface area contributed by atoms with Crippen LogP contribution in [0.4, 0.5) is 0 Å². The van der Waals surface area contributed by atoms with E-state index < -0.39 is 0 Å². The summed E-state index contributed by atoms with van der Waals surface area (Å²) in [6.07, 6.45) is 0. The molecule has 0 spiro atoms. The van der Waals surface area contributed by atoms with Crippen molar-refractivity contribution in [3.05, 3.63) is 164 Å². The number of fused-ring (bicyclic) bond motifs is 5. The van der Waals surface area contributed by atoms with Gasteiger partial charge in [0.15, 0.2) is 17.5 Å². The third-order valence-corrected chi connectivity index (χ3v) is 8.76. The average Bonchev–Trinajstić information content (AvgIpc) is 3.54. The fourth-order valence-electron chi connectivity index (χ4n) is 6.33. The van der Waals surface area contributed by atoms with Crippen molar-refractivity contribution in [2.75, 3.05) is 0 Å². The molecular formula is C43H27N3O. The van der Waals surface area contributed by atoms with E-state index in [1.165, 1.54) is 16.3 Å². The zero-order valence-corrected chi connectivity index (χ0v) is 25.3. The van der Waals surface area contributed by atoms with Gasteiger partial charge in [0.1, 0.15) is 11.2 Å². The Kier molecular flexibility index (Phi) is 6.43. The molecule has 0 amide bonds. The molecule has 9 rings (SSSR count). The van der Waals surface area contributed by atoms with Crippen LogP contribution in [0.3, 0.4) is 0 Å². The minimum absolute atomic E-state index is 0.632. The maximum Gasteiger partial charge on any atom is 0.164 e. The summed E-state index contributed by atoms with van der Waals surface area (Å²) in [5.74, 6) is 1.91. The molecule has 0 bridgehead atoms. The molecular weight excluding hydrogens is 574 g/mol. The van der Waals surface area contributed by atoms with E-state index in [9.17, 15) is 0 Å². The van der Waals surface area contributed by atoms with Crippen LogP contribution in [0.5, 0.6) is 0 Å². The summed E-state index contributed by atoms with van der Waals surface area (Å²) in [6, 6.07) is 56.3. The lowest BCUT2D eigenvalue weighted by Crippen LogP contribution is -2.00. The Balaban J connectivity index is 1.09. The molecule has 2 heterocycles. The van der Waals surface area contributed by atoms with E-state index in [-0.39, 0.29) is 0 Å². The van der Waals surface area contributed by atoms with Gasteiger partial charge in [0.25, 0.3) is 0 Å². The summed E-state index contributed by atoms with van der Waals surface area (Å²) in [5, 5.41) is 4.71. The van der Waals surface area contributed by atoms with Crippen molar-refractivity contribution in [3.8, 4) is 56.4 Å². The van der Waals surface area contributed by atoms with Crippen molar-refractivity contribution < 1.29 is 4.42 Å². The molecule has 0 aliphatic rings. The topological polar surface area (TPSA) is 51.8 Å². The van der Waals surface area contributed by atoms with E-state index in [1.807, 2.05) is 36.4 Å². The lowest BCUT2D eigenvalue weighted by atomic mass is 10.00. The lowest BCUT2D eigenvalue weighted by Gasteiger charge is -2.10. The van der Waals surface area contributed by atoms with Crippen LogP contribution in [0.2, 0.25) is 0 Å². The molecule has 0 fully saturated rings. The zero-order chi connectivity index (χ0) is 31.2. The molecule has 0 saturated carbocycles. The average molecular weight is 602 g/mol. The monoisotopic (exact) mass is 601 g/mol. The first-order valence-corrected chi connectivity index (χ1v) is 15.7. The van der Waals surface area contributed by atoms with Gasteiger partial charge in [-0.25, -0.2) is 15.0 Å². The Hall–Kier alpha value is -6.39. The summed E-state index contributed by atoms with van der Waals surface area (Å²) in [7, 11) is 0. The number of benzene rings is 7. The summed E-state index contributed by atoms with van der Waals surface area (Å²) in [6.45, 7) is 0. The summed E-state index contributed by atoms with van der Waals surface area (Å²) >= 11 is 0. The first kappa shape index (κ1) is 27.0. The van der Waals surface area contributed by atoms with Crippen molar-refractivity contribution >= 4 is 32.7 Å². The standard InChI is InChI=1S/C43H27N3O/c1-3-9-28(10-4-1)29-15-19-33(20-16-29)42-44-41(32-12-5-2-6-13-32)45-43(46-42)34-21-17-30(18-22-34)35-23-25-37-39(27-35)47-38-26-24-31-11-7-8-14-36(31)40(37)38/h1-27H. The Labute approximate surface area is 271 Å². The largest absolute Gasteiger partial charge is 0.456 e. The molecule has 4 heteroatoms. The van der Waals surface area contributed by atoms with E-state index in [0.29, 0.717) is 17.5 Å². The van der Waals surface area contributed by atoms with Crippen molar-refractivity contribution in [3.63, 3.8) is 0 Å². The van der Waals surface area contributed by atoms with Crippen LogP contribution in [0.1, 0.15) is 0 Å². The molecule has 0 N–H and O–H groups in total. The van der Waals surface area contributed by atoms with Crippen LogP contribution in [0.25, 0.3) is 89.1 Å². The Bertz CT molecular complexity index is 2540. The highest BCUT2D eigenvalue weighted by molar-refractivity contribution is 6.19. The molecule has 220 valence electrons. The molecule has 0 saturated heterocycles. The Morgan fingerprint density at radius 1 is 0.319 bits per heavy atom. The quantitative estimate of drug-likeness (QED) is 0.197. The van der Waals surface area contributed by atoms with Gasteiger partial charge in [-0.3, -0.25) is 0 Å². The van der Waals surface area contributed by atoms with Gasteiger partial charge in [-0.15, -0.1) is 0 Å². The van der Waals surface area contributed by atoms with Crippen LogP contribution in [0, 0.1) is 0 Å². The SMILES string of the molecule is c1ccc(-c2ccc(-c3nc(-c4ccccc4)nc(-c4ccc(-c5ccc6c(c5)oc5ccc7ccccc7c56)cc4)n3)cc2)cc1. The molecule has 9 aromatic rings. The molecule has 47 heavy (non-hydrogen) atoms. The maximum atomic E-state index is 6.33. The van der Waals surface area contributed by atoms with Gasteiger partial charge < -0.3 is 4.42 Å². The van der Waals surface area contributed by atoms with Crippen LogP contribution in [-0.4, -0.2) is 15.0 Å². The number of hydrogen-bond acceptors (Lipinski definition) is 4. The van der Waals surface area contributed by atoms with Crippen LogP contribution in [0.15, 0.2) is 168 Å². The molecule has 0 unspecified atom stereocenters. The van der Waals surface area contributed by atoms with Crippen molar-refractivity contribution in [1.82, 2.24) is 15.0 Å². The lowest BCUT2D eigenvalue weighted by molar-refractivity contribution is 0.669. The molecule has 0 aliphatic heterocycles. The van der Waals surface area contributed by atoms with Gasteiger partial charge in [0.05, 0.1) is 0 Å². The van der Waals surface area contributed by atoms with Gasteiger partial charge in [-0.2, -0.15) is 0 Å². The van der Waals surface area contributed by atoms with Gasteiger partial charge >= 0.3 is 0 Å². The van der Waals surface area contributed by atoms with Crippen LogP contribution >= 0.6 is 0 Å². The van der Waals surface area contributed by atoms with Crippen molar-refractivity contribution in [2.24, 2.45) is 0 Å².